The summed E-state index contributed by atoms with van der Waals surface area (Å²) < 4.78 is 0. The summed E-state index contributed by atoms with van der Waals surface area (Å²) >= 11 is 0. The van der Waals surface area contributed by atoms with Crippen LogP contribution in [0.3, 0.4) is 0 Å². The molecule has 0 amide bonds. The van der Waals surface area contributed by atoms with Crippen molar-refractivity contribution in [3.63, 3.8) is 0 Å². The van der Waals surface area contributed by atoms with Crippen LogP contribution in [0.5, 0.6) is 0 Å². The zero-order valence-corrected chi connectivity index (χ0v) is 16.2. The second kappa shape index (κ2) is 7.43. The van der Waals surface area contributed by atoms with Crippen LogP contribution < -0.4 is 10.6 Å². The molecular weight excluding hydrogens is 326 g/mol. The number of hydrogen-bond acceptors (Lipinski definition) is 0. The Morgan fingerprint density at radius 1 is 0.750 bits per heavy atom. The molecule has 120 valence electrons. The van der Waals surface area contributed by atoms with E-state index in [1.54, 1.807) is 0 Å². The molecule has 0 bridgehead atoms. The Balaban J connectivity index is 2.51. The van der Waals surface area contributed by atoms with Crippen molar-refractivity contribution in [2.45, 2.75) is 0 Å². The fraction of sp³-hybridized carbons (Fsp3) is 0.0909. The summed E-state index contributed by atoms with van der Waals surface area (Å²) in [6.07, 6.45) is 3.92. The molecule has 2 heteroatoms. The third kappa shape index (κ3) is 2.86. The average Bonchev–Trinajstić information content (AvgIpc) is 2.65. The van der Waals surface area contributed by atoms with Gasteiger partial charge in [-0.3, -0.25) is 0 Å². The molecule has 0 saturated carbocycles. The molecule has 0 fully saturated rings. The monoisotopic (exact) mass is 348 g/mol. The third-order valence-corrected chi connectivity index (χ3v) is 6.33. The first-order valence-electron chi connectivity index (χ1n) is 8.04. The fourth-order valence-electron chi connectivity index (χ4n) is 3.26. The van der Waals surface area contributed by atoms with Crippen LogP contribution in [0.2, 0.25) is 0 Å². The van der Waals surface area contributed by atoms with Gasteiger partial charge in [0.1, 0.15) is 0 Å². The first-order valence-corrected chi connectivity index (χ1v) is 11.0. The Kier molecular flexibility index (Phi) is 5.30. The van der Waals surface area contributed by atoms with Crippen molar-refractivity contribution in [2.75, 3.05) is 13.3 Å². The lowest BCUT2D eigenvalue weighted by Crippen LogP contribution is -2.10. The highest BCUT2D eigenvalue weighted by Crippen LogP contribution is 2.35. The van der Waals surface area contributed by atoms with E-state index in [1.165, 1.54) is 38.1 Å². The maximum absolute atomic E-state index is 4.09. The van der Waals surface area contributed by atoms with E-state index in [0.717, 1.165) is 22.7 Å². The molecule has 3 aromatic rings. The second-order valence-electron chi connectivity index (χ2n) is 5.61. The average molecular weight is 348 g/mol. The molecule has 0 heterocycles. The second-order valence-corrected chi connectivity index (χ2v) is 7.69. The molecule has 2 atom stereocenters. The molecule has 0 saturated heterocycles. The minimum atomic E-state index is 0.741. The molecule has 24 heavy (non-hydrogen) atoms. The molecule has 3 rings (SSSR count). The highest BCUT2D eigenvalue weighted by Gasteiger charge is 2.16. The molecule has 0 aromatic heterocycles. The predicted octanol–water partition coefficient (Wildman–Crippen LogP) is 5.66. The van der Waals surface area contributed by atoms with Crippen molar-refractivity contribution in [1.29, 1.82) is 0 Å². The Hall–Kier alpha value is -1.74. The maximum Gasteiger partial charge on any atom is -0.00186 e. The van der Waals surface area contributed by atoms with Gasteiger partial charge in [0.2, 0.25) is 0 Å². The zero-order valence-electron chi connectivity index (χ0n) is 14.2. The van der Waals surface area contributed by atoms with Crippen LogP contribution in [0, 0.1) is 0 Å². The van der Waals surface area contributed by atoms with E-state index in [1.807, 2.05) is 12.2 Å². The van der Waals surface area contributed by atoms with Gasteiger partial charge in [-0.25, -0.2) is 0 Å². The van der Waals surface area contributed by atoms with Gasteiger partial charge in [0.25, 0.3) is 0 Å². The van der Waals surface area contributed by atoms with Crippen LogP contribution in [0.25, 0.3) is 34.1 Å². The minimum absolute atomic E-state index is 0.741. The molecule has 0 N–H and O–H groups in total. The Morgan fingerprint density at radius 3 is 2.08 bits per heavy atom. The van der Waals surface area contributed by atoms with E-state index in [0.29, 0.717) is 0 Å². The van der Waals surface area contributed by atoms with Crippen molar-refractivity contribution in [3.05, 3.63) is 72.8 Å². The lowest BCUT2D eigenvalue weighted by atomic mass is 9.91. The smallest absolute Gasteiger partial charge is 0.00186 e. The van der Waals surface area contributed by atoms with E-state index in [-0.39, 0.29) is 0 Å². The van der Waals surface area contributed by atoms with Crippen LogP contribution in [0.4, 0.5) is 0 Å². The van der Waals surface area contributed by atoms with E-state index >= 15 is 0 Å². The van der Waals surface area contributed by atoms with Gasteiger partial charge in [-0.15, -0.1) is 0 Å². The predicted molar refractivity (Wildman–Crippen MR) is 117 cm³/mol. The minimum Gasteiger partial charge on any atom is -0.0984 e. The van der Waals surface area contributed by atoms with Crippen LogP contribution in [-0.4, -0.2) is 13.3 Å². The lowest BCUT2D eigenvalue weighted by Gasteiger charge is -2.19. The summed E-state index contributed by atoms with van der Waals surface area (Å²) in [5.41, 5.74) is 5.06. The lowest BCUT2D eigenvalue weighted by molar-refractivity contribution is 1.63. The molecule has 0 nitrogen and oxygen atoms in total. The van der Waals surface area contributed by atoms with E-state index in [9.17, 15) is 0 Å². The van der Waals surface area contributed by atoms with Crippen molar-refractivity contribution in [3.8, 4) is 11.1 Å². The van der Waals surface area contributed by atoms with Gasteiger partial charge < -0.3 is 0 Å². The Labute approximate surface area is 148 Å². The first-order chi connectivity index (χ1) is 11.7. The topological polar surface area (TPSA) is 0 Å². The molecule has 0 spiro atoms. The SMILES string of the molecule is C=Cc1ccc(PC)c(-c2c(PC)ccc3ccccc23)c1C=C. The summed E-state index contributed by atoms with van der Waals surface area (Å²) in [6.45, 7) is 12.6. The standard InChI is InChI=1S/C22H22P2/c1-5-15-11-13-19(23-3)21(17(15)6-2)22-18-10-8-7-9-16(18)12-14-20(22)24-4/h5-14,23-24H,1-2H2,3-4H3. The van der Waals surface area contributed by atoms with Crippen LogP contribution in [0.15, 0.2) is 61.7 Å². The fourth-order valence-corrected chi connectivity index (χ4v) is 4.78. The largest absolute Gasteiger partial charge is 0.0984 e. The van der Waals surface area contributed by atoms with E-state index in [4.69, 9.17) is 0 Å². The number of benzene rings is 3. The highest BCUT2D eigenvalue weighted by atomic mass is 31.1. The van der Waals surface area contributed by atoms with Crippen LogP contribution in [0.1, 0.15) is 11.1 Å². The number of fused-ring (bicyclic) bond motifs is 1. The molecule has 0 aliphatic carbocycles. The van der Waals surface area contributed by atoms with Gasteiger partial charge in [0.05, 0.1) is 0 Å². The van der Waals surface area contributed by atoms with Crippen LogP contribution in [-0.2, 0) is 0 Å². The Morgan fingerprint density at radius 2 is 1.42 bits per heavy atom. The maximum atomic E-state index is 4.09. The van der Waals surface area contributed by atoms with Gasteiger partial charge in [-0.2, -0.15) is 0 Å². The molecule has 3 aromatic carbocycles. The molecule has 2 unspecified atom stereocenters. The molecular formula is C22H22P2. The summed E-state index contributed by atoms with van der Waals surface area (Å²) in [6, 6.07) is 17.6. The van der Waals surface area contributed by atoms with Crippen LogP contribution >= 0.6 is 17.2 Å². The van der Waals surface area contributed by atoms with E-state index < -0.39 is 0 Å². The quantitative estimate of drug-likeness (QED) is 0.522. The first kappa shape index (κ1) is 17.1. The van der Waals surface area contributed by atoms with Gasteiger partial charge in [-0.05, 0) is 57.0 Å². The van der Waals surface area contributed by atoms with Crippen molar-refractivity contribution >= 4 is 50.7 Å². The Bertz CT molecular complexity index is 923. The molecule has 0 aliphatic rings. The summed E-state index contributed by atoms with van der Waals surface area (Å²) in [4.78, 5) is 0. The normalized spacial score (nSPS) is 11.8. The van der Waals surface area contributed by atoms with Gasteiger partial charge in [0.15, 0.2) is 0 Å². The van der Waals surface area contributed by atoms with Gasteiger partial charge in [0, 0.05) is 0 Å². The summed E-state index contributed by atoms with van der Waals surface area (Å²) in [5.74, 6) is 0. The van der Waals surface area contributed by atoms with Crippen molar-refractivity contribution < 1.29 is 0 Å². The number of rotatable bonds is 5. The number of hydrogen-bond donors (Lipinski definition) is 0. The van der Waals surface area contributed by atoms with Gasteiger partial charge >= 0.3 is 0 Å². The van der Waals surface area contributed by atoms with E-state index in [2.05, 4.69) is 75.0 Å². The summed E-state index contributed by atoms with van der Waals surface area (Å²) in [7, 11) is 1.50. The summed E-state index contributed by atoms with van der Waals surface area (Å²) in [5, 5.41) is 5.43. The zero-order chi connectivity index (χ0) is 17.1. The van der Waals surface area contributed by atoms with Gasteiger partial charge in [-0.1, -0.05) is 91.0 Å². The molecule has 0 aliphatic heterocycles. The van der Waals surface area contributed by atoms with Crippen molar-refractivity contribution in [1.82, 2.24) is 0 Å². The third-order valence-electron chi connectivity index (χ3n) is 4.42. The molecule has 0 radical (unpaired) electrons. The van der Waals surface area contributed by atoms with Crippen molar-refractivity contribution in [2.24, 2.45) is 0 Å². The highest BCUT2D eigenvalue weighted by molar-refractivity contribution is 7.47.